The molecular formula is C24H26FN5O4S. The minimum atomic E-state index is -1.04. The number of nitrogens with one attached hydrogen (secondary N) is 2. The number of thioether (sulfide) groups is 1. The second-order valence-electron chi connectivity index (χ2n) is 8.01. The van der Waals surface area contributed by atoms with Crippen molar-refractivity contribution in [2.24, 2.45) is 5.92 Å². The summed E-state index contributed by atoms with van der Waals surface area (Å²) in [4.78, 5) is 36.1. The molecule has 9 nitrogen and oxygen atoms in total. The Morgan fingerprint density at radius 1 is 1.03 bits per heavy atom. The van der Waals surface area contributed by atoms with E-state index < -0.39 is 17.8 Å². The third-order valence-corrected chi connectivity index (χ3v) is 6.11. The highest BCUT2D eigenvalue weighted by atomic mass is 32.2. The van der Waals surface area contributed by atoms with E-state index in [9.17, 15) is 18.8 Å². The maximum absolute atomic E-state index is 13.2. The predicted molar refractivity (Wildman–Crippen MR) is 130 cm³/mol. The van der Waals surface area contributed by atoms with E-state index in [4.69, 9.17) is 5.11 Å². The first kappa shape index (κ1) is 25.9. The average molecular weight is 500 g/mol. The van der Waals surface area contributed by atoms with Crippen molar-refractivity contribution in [3.8, 4) is 0 Å². The maximum atomic E-state index is 13.2. The van der Waals surface area contributed by atoms with Crippen LogP contribution in [0, 0.1) is 11.7 Å². The van der Waals surface area contributed by atoms with Crippen molar-refractivity contribution in [3.63, 3.8) is 0 Å². The Kier molecular flexibility index (Phi) is 8.58. The Morgan fingerprint density at radius 2 is 1.66 bits per heavy atom. The zero-order valence-electron chi connectivity index (χ0n) is 19.5. The highest BCUT2D eigenvalue weighted by Gasteiger charge is 2.26. The number of aromatic nitrogens is 3. The van der Waals surface area contributed by atoms with Gasteiger partial charge in [-0.15, -0.1) is 10.2 Å². The van der Waals surface area contributed by atoms with Gasteiger partial charge in [-0.05, 0) is 61.4 Å². The molecule has 0 bridgehead atoms. The van der Waals surface area contributed by atoms with E-state index in [1.54, 1.807) is 0 Å². The lowest BCUT2D eigenvalue weighted by atomic mass is 10.0. The molecule has 1 unspecified atom stereocenters. The molecule has 0 spiro atoms. The first-order valence-corrected chi connectivity index (χ1v) is 11.9. The van der Waals surface area contributed by atoms with E-state index in [1.807, 2.05) is 25.3 Å². The highest BCUT2D eigenvalue weighted by molar-refractivity contribution is 7.99. The predicted octanol–water partition coefficient (Wildman–Crippen LogP) is 3.99. The number of hydrogen-bond acceptors (Lipinski definition) is 6. The molecule has 2 amide bonds. The third-order valence-electron chi connectivity index (χ3n) is 5.15. The van der Waals surface area contributed by atoms with E-state index in [1.165, 1.54) is 60.3 Å². The number of halogens is 1. The molecule has 2 aromatic carbocycles. The number of benzene rings is 2. The Balaban J connectivity index is 1.68. The fourth-order valence-corrected chi connectivity index (χ4v) is 4.12. The van der Waals surface area contributed by atoms with Crippen LogP contribution in [0.5, 0.6) is 0 Å². The van der Waals surface area contributed by atoms with Gasteiger partial charge < -0.3 is 20.3 Å². The van der Waals surface area contributed by atoms with Gasteiger partial charge in [-0.2, -0.15) is 0 Å². The molecule has 0 aliphatic heterocycles. The lowest BCUT2D eigenvalue weighted by Gasteiger charge is -2.22. The molecule has 1 aromatic heterocycles. The summed E-state index contributed by atoms with van der Waals surface area (Å²) < 4.78 is 15.0. The minimum Gasteiger partial charge on any atom is -0.478 e. The van der Waals surface area contributed by atoms with Gasteiger partial charge in [0.25, 0.3) is 5.91 Å². The quantitative estimate of drug-likeness (QED) is 0.360. The van der Waals surface area contributed by atoms with Crippen molar-refractivity contribution in [1.29, 1.82) is 0 Å². The number of carboxylic acids is 1. The van der Waals surface area contributed by atoms with Crippen LogP contribution in [0.2, 0.25) is 0 Å². The zero-order valence-corrected chi connectivity index (χ0v) is 20.3. The number of carboxylic acid groups (broad SMARTS) is 1. The number of anilines is 1. The molecule has 0 aliphatic carbocycles. The van der Waals surface area contributed by atoms with Crippen LogP contribution in [0.1, 0.15) is 53.4 Å². The van der Waals surface area contributed by atoms with Crippen molar-refractivity contribution >= 4 is 35.2 Å². The minimum absolute atomic E-state index is 0.0104. The third kappa shape index (κ3) is 6.66. The highest BCUT2D eigenvalue weighted by Crippen LogP contribution is 2.26. The summed E-state index contributed by atoms with van der Waals surface area (Å²) in [6.45, 7) is 6.33. The van der Waals surface area contributed by atoms with Crippen LogP contribution >= 0.6 is 11.8 Å². The molecule has 11 heteroatoms. The van der Waals surface area contributed by atoms with Crippen LogP contribution in [0.15, 0.2) is 53.7 Å². The van der Waals surface area contributed by atoms with E-state index in [-0.39, 0.29) is 29.0 Å². The molecule has 0 radical (unpaired) electrons. The molecular weight excluding hydrogens is 473 g/mol. The zero-order chi connectivity index (χ0) is 25.5. The van der Waals surface area contributed by atoms with Gasteiger partial charge in [-0.3, -0.25) is 9.59 Å². The summed E-state index contributed by atoms with van der Waals surface area (Å²) >= 11 is 1.20. The fourth-order valence-electron chi connectivity index (χ4n) is 3.31. The molecule has 1 atom stereocenters. The van der Waals surface area contributed by atoms with E-state index in [2.05, 4.69) is 20.8 Å². The largest absolute Gasteiger partial charge is 0.478 e. The average Bonchev–Trinajstić information content (AvgIpc) is 3.24. The molecule has 1 heterocycles. The SMILES string of the molecule is CCn1c(SCC(=O)Nc2ccc(C(=O)O)cc2)nnc1C(NC(=O)c1ccc(F)cc1)C(C)C. The number of carbonyl (C=O) groups is 3. The summed E-state index contributed by atoms with van der Waals surface area (Å²) in [6.07, 6.45) is 0. The second-order valence-corrected chi connectivity index (χ2v) is 8.95. The number of amides is 2. The summed E-state index contributed by atoms with van der Waals surface area (Å²) in [5.74, 6) is -1.48. The van der Waals surface area contributed by atoms with Crippen LogP contribution in [0.4, 0.5) is 10.1 Å². The molecule has 0 saturated carbocycles. The maximum Gasteiger partial charge on any atom is 0.335 e. The van der Waals surface area contributed by atoms with E-state index in [0.29, 0.717) is 28.8 Å². The van der Waals surface area contributed by atoms with Crippen LogP contribution in [-0.4, -0.2) is 43.4 Å². The van der Waals surface area contributed by atoms with Gasteiger partial charge in [-0.25, -0.2) is 9.18 Å². The van der Waals surface area contributed by atoms with E-state index >= 15 is 0 Å². The van der Waals surface area contributed by atoms with Gasteiger partial charge in [0.15, 0.2) is 11.0 Å². The first-order valence-electron chi connectivity index (χ1n) is 10.9. The number of carbonyl (C=O) groups excluding carboxylic acids is 2. The van der Waals surface area contributed by atoms with Gasteiger partial charge in [0.2, 0.25) is 5.91 Å². The Hall–Kier alpha value is -3.73. The molecule has 3 rings (SSSR count). The first-order chi connectivity index (χ1) is 16.7. The van der Waals surface area contributed by atoms with Crippen molar-refractivity contribution < 1.29 is 23.9 Å². The fraction of sp³-hybridized carbons (Fsp3) is 0.292. The van der Waals surface area contributed by atoms with Crippen LogP contribution in [0.3, 0.4) is 0 Å². The lowest BCUT2D eigenvalue weighted by molar-refractivity contribution is -0.113. The Labute approximate surface area is 206 Å². The number of rotatable bonds is 10. The van der Waals surface area contributed by atoms with Crippen LogP contribution in [-0.2, 0) is 11.3 Å². The summed E-state index contributed by atoms with van der Waals surface area (Å²) in [6, 6.07) is 10.7. The number of nitrogens with zero attached hydrogens (tertiary/aromatic N) is 3. The van der Waals surface area contributed by atoms with Crippen LogP contribution in [0.25, 0.3) is 0 Å². The molecule has 3 N–H and O–H groups in total. The molecule has 184 valence electrons. The summed E-state index contributed by atoms with van der Waals surface area (Å²) in [7, 11) is 0. The molecule has 0 fully saturated rings. The Morgan fingerprint density at radius 3 is 2.23 bits per heavy atom. The molecule has 0 aliphatic rings. The molecule has 35 heavy (non-hydrogen) atoms. The van der Waals surface area contributed by atoms with Gasteiger partial charge >= 0.3 is 5.97 Å². The van der Waals surface area contributed by atoms with Gasteiger partial charge in [0.05, 0.1) is 17.4 Å². The van der Waals surface area contributed by atoms with Gasteiger partial charge in [0, 0.05) is 17.8 Å². The monoisotopic (exact) mass is 499 g/mol. The summed E-state index contributed by atoms with van der Waals surface area (Å²) in [5.41, 5.74) is 0.955. The lowest BCUT2D eigenvalue weighted by Crippen LogP contribution is -2.33. The van der Waals surface area contributed by atoms with E-state index in [0.717, 1.165) is 0 Å². The number of hydrogen-bond donors (Lipinski definition) is 3. The molecule has 3 aromatic rings. The standard InChI is InChI=1S/C24H26FN5O4S/c1-4-30-21(20(14(2)3)27-22(32)15-5-9-17(25)10-6-15)28-29-24(30)35-13-19(31)26-18-11-7-16(8-12-18)23(33)34/h5-12,14,20H,4,13H2,1-3H3,(H,26,31)(H,27,32)(H,33,34). The van der Waals surface area contributed by atoms with Crippen molar-refractivity contribution in [2.75, 3.05) is 11.1 Å². The normalized spacial score (nSPS) is 11.8. The van der Waals surface area contributed by atoms with Gasteiger partial charge in [-0.1, -0.05) is 25.6 Å². The van der Waals surface area contributed by atoms with Crippen molar-refractivity contribution in [1.82, 2.24) is 20.1 Å². The Bertz CT molecular complexity index is 1200. The topological polar surface area (TPSA) is 126 Å². The second kappa shape index (κ2) is 11.6. The van der Waals surface area contributed by atoms with Crippen LogP contribution < -0.4 is 10.6 Å². The molecule has 0 saturated heterocycles. The van der Waals surface area contributed by atoms with Gasteiger partial charge in [0.1, 0.15) is 5.82 Å². The van der Waals surface area contributed by atoms with Crippen molar-refractivity contribution in [3.05, 3.63) is 71.3 Å². The van der Waals surface area contributed by atoms with Crippen molar-refractivity contribution in [2.45, 2.75) is 38.5 Å². The smallest absolute Gasteiger partial charge is 0.335 e. The summed E-state index contributed by atoms with van der Waals surface area (Å²) in [5, 5.41) is 23.7. The number of aromatic carboxylic acids is 1.